The van der Waals surface area contributed by atoms with Gasteiger partial charge >= 0.3 is 0 Å². The van der Waals surface area contributed by atoms with Gasteiger partial charge in [-0.2, -0.15) is 0 Å². The highest BCUT2D eigenvalue weighted by atomic mass is 16.1. The molecule has 4 saturated carbocycles. The van der Waals surface area contributed by atoms with Gasteiger partial charge < -0.3 is 0 Å². The van der Waals surface area contributed by atoms with Gasteiger partial charge in [-0.1, -0.05) is 26.0 Å². The van der Waals surface area contributed by atoms with E-state index in [2.05, 4.69) is 26.0 Å². The van der Waals surface area contributed by atoms with E-state index in [9.17, 15) is 14.4 Å². The molecule has 3 unspecified atom stereocenters. The highest BCUT2D eigenvalue weighted by Crippen LogP contribution is 2.66. The lowest BCUT2D eigenvalue weighted by Crippen LogP contribution is -2.61. The summed E-state index contributed by atoms with van der Waals surface area (Å²) in [5.74, 6) is 2.49. The average Bonchev–Trinajstić information content (AvgIpc) is 3.22. The molecule has 0 aromatic rings. The second kappa shape index (κ2) is 5.87. The summed E-state index contributed by atoms with van der Waals surface area (Å²) < 4.78 is 0. The van der Waals surface area contributed by atoms with Crippen LogP contribution in [-0.4, -0.2) is 17.3 Å². The quantitative estimate of drug-likeness (QED) is 0.639. The number of allylic oxidation sites excluding steroid dienone is 2. The maximum absolute atomic E-state index is 13.3. The molecule has 4 fully saturated rings. The van der Waals surface area contributed by atoms with Crippen LogP contribution in [0.3, 0.4) is 0 Å². The molecule has 3 nitrogen and oxygen atoms in total. The Kier molecular flexibility index (Phi) is 3.88. The first-order valence-corrected chi connectivity index (χ1v) is 11.1. The maximum atomic E-state index is 13.3. The van der Waals surface area contributed by atoms with Crippen LogP contribution in [0.4, 0.5) is 0 Å². The summed E-state index contributed by atoms with van der Waals surface area (Å²) >= 11 is 0. The first-order chi connectivity index (χ1) is 12.8. The monoisotopic (exact) mass is 368 g/mol. The average molecular weight is 369 g/mol. The van der Waals surface area contributed by atoms with E-state index in [1.54, 1.807) is 0 Å². The van der Waals surface area contributed by atoms with Gasteiger partial charge in [0.25, 0.3) is 0 Å². The Bertz CT molecular complexity index is 736. The lowest BCUT2D eigenvalue weighted by atomic mass is 9.41. The van der Waals surface area contributed by atoms with Gasteiger partial charge in [0.2, 0.25) is 0 Å². The molecule has 3 heteroatoms. The molecule has 8 atom stereocenters. The van der Waals surface area contributed by atoms with Crippen molar-refractivity contribution in [1.29, 1.82) is 0 Å². The predicted molar refractivity (Wildman–Crippen MR) is 103 cm³/mol. The largest absolute Gasteiger partial charge is 0.300 e. The summed E-state index contributed by atoms with van der Waals surface area (Å²) in [4.78, 5) is 38.8. The van der Waals surface area contributed by atoms with Crippen LogP contribution in [0, 0.1) is 46.3 Å². The zero-order chi connectivity index (χ0) is 19.0. The summed E-state index contributed by atoms with van der Waals surface area (Å²) in [5.41, 5.74) is -0.0568. The zero-order valence-corrected chi connectivity index (χ0v) is 16.7. The van der Waals surface area contributed by atoms with Crippen molar-refractivity contribution in [3.8, 4) is 0 Å². The van der Waals surface area contributed by atoms with E-state index < -0.39 is 0 Å². The molecule has 5 aliphatic carbocycles. The summed E-state index contributed by atoms with van der Waals surface area (Å²) in [5, 5.41) is 0. The van der Waals surface area contributed by atoms with Crippen molar-refractivity contribution in [2.75, 3.05) is 0 Å². The zero-order valence-electron chi connectivity index (χ0n) is 16.7. The molecule has 0 heterocycles. The molecular weight excluding hydrogens is 336 g/mol. The van der Waals surface area contributed by atoms with Gasteiger partial charge in [0, 0.05) is 37.5 Å². The molecule has 0 bridgehead atoms. The molecule has 0 N–H and O–H groups in total. The number of hydrogen-bond donors (Lipinski definition) is 0. The molecule has 0 aromatic carbocycles. The highest BCUT2D eigenvalue weighted by Gasteiger charge is 2.65. The number of carbonyl (C=O) groups is 3. The number of carbonyl (C=O) groups excluding carboxylic acids is 3. The van der Waals surface area contributed by atoms with Gasteiger partial charge in [-0.3, -0.25) is 14.4 Å². The summed E-state index contributed by atoms with van der Waals surface area (Å²) in [6.45, 7) is 4.60. The number of hydrogen-bond acceptors (Lipinski definition) is 3. The number of ketones is 3. The Morgan fingerprint density at radius 1 is 0.963 bits per heavy atom. The van der Waals surface area contributed by atoms with E-state index in [-0.39, 0.29) is 34.5 Å². The minimum absolute atomic E-state index is 0.00947. The molecule has 0 radical (unpaired) electrons. The van der Waals surface area contributed by atoms with Crippen molar-refractivity contribution in [3.63, 3.8) is 0 Å². The second-order valence-corrected chi connectivity index (χ2v) is 10.7. The van der Waals surface area contributed by atoms with E-state index in [4.69, 9.17) is 0 Å². The lowest BCUT2D eigenvalue weighted by molar-refractivity contribution is -0.171. The third kappa shape index (κ3) is 2.36. The van der Waals surface area contributed by atoms with Crippen molar-refractivity contribution >= 4 is 17.3 Å². The van der Waals surface area contributed by atoms with Crippen molar-refractivity contribution in [3.05, 3.63) is 12.2 Å². The smallest absolute Gasteiger partial charge is 0.137 e. The summed E-state index contributed by atoms with van der Waals surface area (Å²) in [6.07, 6.45) is 12.2. The first-order valence-electron chi connectivity index (χ1n) is 11.1. The highest BCUT2D eigenvalue weighted by molar-refractivity contribution is 5.89. The molecule has 0 aliphatic heterocycles. The van der Waals surface area contributed by atoms with Crippen LogP contribution in [0.25, 0.3) is 0 Å². The normalized spacial score (nSPS) is 51.9. The van der Waals surface area contributed by atoms with E-state index in [0.717, 1.165) is 32.1 Å². The van der Waals surface area contributed by atoms with Crippen LogP contribution in [-0.2, 0) is 14.4 Å². The van der Waals surface area contributed by atoms with Crippen molar-refractivity contribution in [2.45, 2.75) is 71.6 Å². The molecule has 0 spiro atoms. The molecular formula is C24H32O3. The third-order valence-corrected chi connectivity index (χ3v) is 9.57. The number of fused-ring (bicyclic) bond motifs is 5. The van der Waals surface area contributed by atoms with Gasteiger partial charge in [-0.05, 0) is 66.6 Å². The van der Waals surface area contributed by atoms with Gasteiger partial charge in [-0.15, -0.1) is 0 Å². The minimum Gasteiger partial charge on any atom is -0.300 e. The van der Waals surface area contributed by atoms with Crippen LogP contribution in [0.1, 0.15) is 71.6 Å². The molecule has 27 heavy (non-hydrogen) atoms. The minimum atomic E-state index is -0.0692. The Labute approximate surface area is 162 Å². The first kappa shape index (κ1) is 17.8. The standard InChI is InChI=1S/C24H32O3/c1-23-10-9-17-21(18(23)12-16(25)13-23)20(27)11-15-7-8-19(26)22(24(15,17)2)14-5-3-4-6-14/h3,5,14-15,17-18,21-22H,4,6-13H2,1-2H3/t14?,15?,17-,18+,21-,22?,23-,24+/m1/s1. The van der Waals surface area contributed by atoms with E-state index in [1.165, 1.54) is 0 Å². The van der Waals surface area contributed by atoms with Crippen molar-refractivity contribution in [2.24, 2.45) is 46.3 Å². The van der Waals surface area contributed by atoms with Gasteiger partial charge in [0.15, 0.2) is 0 Å². The van der Waals surface area contributed by atoms with E-state index in [0.29, 0.717) is 54.9 Å². The fourth-order valence-electron chi connectivity index (χ4n) is 8.32. The second-order valence-electron chi connectivity index (χ2n) is 10.7. The molecule has 5 aliphatic rings. The molecule has 0 saturated heterocycles. The topological polar surface area (TPSA) is 51.2 Å². The van der Waals surface area contributed by atoms with Crippen LogP contribution < -0.4 is 0 Å². The summed E-state index contributed by atoms with van der Waals surface area (Å²) in [6, 6.07) is 0. The van der Waals surface area contributed by atoms with Crippen LogP contribution in [0.2, 0.25) is 0 Å². The van der Waals surface area contributed by atoms with Crippen LogP contribution in [0.15, 0.2) is 12.2 Å². The molecule has 0 amide bonds. The van der Waals surface area contributed by atoms with E-state index in [1.807, 2.05) is 0 Å². The summed E-state index contributed by atoms with van der Waals surface area (Å²) in [7, 11) is 0. The molecule has 5 rings (SSSR count). The molecule has 146 valence electrons. The Balaban J connectivity index is 1.57. The molecule has 0 aromatic heterocycles. The van der Waals surface area contributed by atoms with Crippen molar-refractivity contribution in [1.82, 2.24) is 0 Å². The van der Waals surface area contributed by atoms with E-state index >= 15 is 0 Å². The SMILES string of the molecule is C[C@]12CC[C@@H]3[C@@H](C(=O)CC4CCC(=O)C(C5C=CCC5)[C@@]43C)[C@@H]1CC(=O)C2. The van der Waals surface area contributed by atoms with Gasteiger partial charge in [0.1, 0.15) is 17.3 Å². The number of Topliss-reactive ketones (excluding diaryl/α,β-unsaturated/α-hetero) is 3. The lowest BCUT2D eigenvalue weighted by Gasteiger charge is -2.61. The Hall–Kier alpha value is -1.25. The predicted octanol–water partition coefficient (Wildman–Crippen LogP) is 4.54. The third-order valence-electron chi connectivity index (χ3n) is 9.57. The van der Waals surface area contributed by atoms with Crippen LogP contribution >= 0.6 is 0 Å². The fraction of sp³-hybridized carbons (Fsp3) is 0.792. The fourth-order valence-corrected chi connectivity index (χ4v) is 8.32. The maximum Gasteiger partial charge on any atom is 0.137 e. The van der Waals surface area contributed by atoms with Gasteiger partial charge in [0.05, 0.1) is 0 Å². The van der Waals surface area contributed by atoms with Crippen LogP contribution in [0.5, 0.6) is 0 Å². The van der Waals surface area contributed by atoms with Crippen molar-refractivity contribution < 1.29 is 14.4 Å². The number of rotatable bonds is 1. The Morgan fingerprint density at radius 2 is 1.78 bits per heavy atom. The van der Waals surface area contributed by atoms with Gasteiger partial charge in [-0.25, -0.2) is 0 Å². The Morgan fingerprint density at radius 3 is 2.52 bits per heavy atom.